The van der Waals surface area contributed by atoms with Gasteiger partial charge in [-0.05, 0) is 34.1 Å². The smallest absolute Gasteiger partial charge is 0.0867 e. The lowest BCUT2D eigenvalue weighted by Crippen LogP contribution is -2.48. The quantitative estimate of drug-likeness (QED) is 0.0243. The normalized spacial score (nSPS) is 14.2. The molecule has 0 radical (unpaired) electrons. The van der Waals surface area contributed by atoms with Crippen LogP contribution in [0.25, 0.3) is 0 Å². The van der Waals surface area contributed by atoms with Crippen molar-refractivity contribution in [3.8, 4) is 0 Å². The van der Waals surface area contributed by atoms with Gasteiger partial charge in [0.2, 0.25) is 0 Å². The third-order valence-corrected chi connectivity index (χ3v) is 48.4. The van der Waals surface area contributed by atoms with Gasteiger partial charge in [0.25, 0.3) is 0 Å². The first-order valence-corrected chi connectivity index (χ1v) is 48.0. The summed E-state index contributed by atoms with van der Waals surface area (Å²) < 4.78 is 3.33. The van der Waals surface area contributed by atoms with Gasteiger partial charge in [-0.2, -0.15) is 0 Å². The standard InChI is InChI=1S/C73H125NP2Si4/c1-13-25-59-79(60-26-14-2,61-27-15-3)72-49-41-68(42-50-72)76(69-43-51-73(52-44-69)80(62-28-16-4,63-29-17-5)64-30-18-6)74(65-35-33-31-32-34-36-65)75(66-37-45-70(46-38-66)77(53-19-7,54-20-8)55-21-9)67-39-47-71(48-40-67)78(56-22-10,57-23-11)58-24-12/h37-52,65H,13-36,53-64H2,1-12H3. The number of unbranched alkanes of at least 4 members (excludes halogenated alkanes) is 6. The molecule has 0 amide bonds. The van der Waals surface area contributed by atoms with Crippen LogP contribution in [0.2, 0.25) is 72.5 Å². The summed E-state index contributed by atoms with van der Waals surface area (Å²) in [6.07, 6.45) is 32.1. The molecular formula is C73H125NP2Si4. The Morgan fingerprint density at radius 2 is 0.475 bits per heavy atom. The molecule has 448 valence electrons. The molecule has 7 heteroatoms. The molecule has 0 saturated heterocycles. The third kappa shape index (κ3) is 18.5. The Morgan fingerprint density at radius 1 is 0.275 bits per heavy atom. The monoisotopic (exact) mass is 1190 g/mol. The van der Waals surface area contributed by atoms with Crippen molar-refractivity contribution in [1.82, 2.24) is 4.44 Å². The first-order chi connectivity index (χ1) is 39.1. The van der Waals surface area contributed by atoms with E-state index in [-0.39, 0.29) is 0 Å². The van der Waals surface area contributed by atoms with E-state index >= 15 is 0 Å². The van der Waals surface area contributed by atoms with Crippen molar-refractivity contribution in [3.05, 3.63) is 97.1 Å². The van der Waals surface area contributed by atoms with Gasteiger partial charge in [-0.15, -0.1) is 0 Å². The maximum absolute atomic E-state index is 3.33. The Bertz CT molecular complexity index is 2000. The zero-order valence-corrected chi connectivity index (χ0v) is 60.4. The highest BCUT2D eigenvalue weighted by Crippen LogP contribution is 2.58. The van der Waals surface area contributed by atoms with Crippen molar-refractivity contribution in [1.29, 1.82) is 0 Å². The number of hydrogen-bond acceptors (Lipinski definition) is 1. The van der Waals surface area contributed by atoms with Crippen molar-refractivity contribution >= 4 is 90.4 Å². The van der Waals surface area contributed by atoms with Crippen molar-refractivity contribution in [3.63, 3.8) is 0 Å². The van der Waals surface area contributed by atoms with Crippen LogP contribution in [-0.2, 0) is 0 Å². The fourth-order valence-corrected chi connectivity index (χ4v) is 43.9. The van der Waals surface area contributed by atoms with Gasteiger partial charge in [0.1, 0.15) is 0 Å². The van der Waals surface area contributed by atoms with E-state index < -0.39 is 48.4 Å². The van der Waals surface area contributed by atoms with E-state index in [1.165, 1.54) is 227 Å². The maximum Gasteiger partial charge on any atom is 0.0867 e. The Kier molecular flexibility index (Phi) is 32.2. The van der Waals surface area contributed by atoms with Crippen LogP contribution in [0.3, 0.4) is 0 Å². The molecule has 80 heavy (non-hydrogen) atoms. The Balaban J connectivity index is 1.90. The predicted molar refractivity (Wildman–Crippen MR) is 382 cm³/mol. The zero-order valence-electron chi connectivity index (χ0n) is 54.6. The van der Waals surface area contributed by atoms with Crippen LogP contribution in [0.15, 0.2) is 97.1 Å². The topological polar surface area (TPSA) is 3.24 Å². The summed E-state index contributed by atoms with van der Waals surface area (Å²) in [5.41, 5.74) is 0. The minimum absolute atomic E-state index is 0.537. The fourth-order valence-electron chi connectivity index (χ4n) is 15.7. The first-order valence-electron chi connectivity index (χ1n) is 34.9. The summed E-state index contributed by atoms with van der Waals surface area (Å²) in [5, 5.41) is 13.4. The number of nitrogens with zero attached hydrogens (tertiary/aromatic N) is 1. The van der Waals surface area contributed by atoms with Crippen molar-refractivity contribution < 1.29 is 0 Å². The molecule has 0 heterocycles. The average molecular weight is 1190 g/mol. The highest BCUT2D eigenvalue weighted by Gasteiger charge is 2.41. The van der Waals surface area contributed by atoms with E-state index in [4.69, 9.17) is 0 Å². The predicted octanol–water partition coefficient (Wildman–Crippen LogP) is 21.0. The van der Waals surface area contributed by atoms with Crippen LogP contribution < -0.4 is 42.0 Å². The number of rotatable bonds is 41. The summed E-state index contributed by atoms with van der Waals surface area (Å²) >= 11 is 0. The summed E-state index contributed by atoms with van der Waals surface area (Å²) in [4.78, 5) is 0. The van der Waals surface area contributed by atoms with E-state index in [0.29, 0.717) is 6.04 Å². The lowest BCUT2D eigenvalue weighted by atomic mass is 10.1. The SMILES string of the molecule is CCCC[Si](CCCC)(CCCC)c1ccc(P(c2ccc([Si](CCCC)(CCCC)CCCC)cc2)N(C2CCCCCC2)P(c2ccc([Si](CCC)(CCC)CCC)cc2)c2ccc([Si](CCC)(CCC)CCC)cc2)cc1. The molecule has 1 saturated carbocycles. The van der Waals surface area contributed by atoms with Gasteiger partial charge in [-0.1, -0.05) is 415 Å². The van der Waals surface area contributed by atoms with Gasteiger partial charge in [0.05, 0.1) is 32.3 Å². The van der Waals surface area contributed by atoms with Crippen molar-refractivity contribution in [2.75, 3.05) is 0 Å². The molecule has 1 aliphatic rings. The van der Waals surface area contributed by atoms with Crippen molar-refractivity contribution in [2.24, 2.45) is 0 Å². The second-order valence-corrected chi connectivity index (χ2v) is 49.1. The molecule has 0 N–H and O–H groups in total. The van der Waals surface area contributed by atoms with Gasteiger partial charge >= 0.3 is 0 Å². The summed E-state index contributed by atoms with van der Waals surface area (Å²) in [6.45, 7) is 29.4. The van der Waals surface area contributed by atoms with E-state index in [1.54, 1.807) is 42.0 Å². The van der Waals surface area contributed by atoms with Crippen LogP contribution in [0.4, 0.5) is 0 Å². The molecule has 0 spiro atoms. The highest BCUT2D eigenvalue weighted by atomic mass is 31.2. The summed E-state index contributed by atoms with van der Waals surface area (Å²) in [6, 6.07) is 61.8. The molecule has 4 aromatic rings. The maximum atomic E-state index is 3.33. The molecule has 1 aliphatic carbocycles. The lowest BCUT2D eigenvalue weighted by molar-refractivity contribution is 0.441. The molecule has 0 aliphatic heterocycles. The largest absolute Gasteiger partial charge is 0.242 e. The Hall–Kier alpha value is -1.43. The van der Waals surface area contributed by atoms with Crippen LogP contribution in [0.1, 0.15) is 237 Å². The minimum Gasteiger partial charge on any atom is -0.242 e. The third-order valence-electron chi connectivity index (χ3n) is 19.9. The average Bonchev–Trinajstić information content (AvgIpc) is 3.78. The van der Waals surface area contributed by atoms with Gasteiger partial charge in [-0.25, -0.2) is 4.44 Å². The summed E-state index contributed by atoms with van der Waals surface area (Å²) in [7, 11) is -8.43. The fraction of sp³-hybridized carbons (Fsp3) is 0.671. The minimum atomic E-state index is -1.70. The Morgan fingerprint density at radius 3 is 0.662 bits per heavy atom. The molecule has 0 aromatic heterocycles. The molecule has 1 fully saturated rings. The van der Waals surface area contributed by atoms with E-state index in [9.17, 15) is 0 Å². The second-order valence-electron chi connectivity index (χ2n) is 26.0. The molecule has 5 rings (SSSR count). The van der Waals surface area contributed by atoms with Gasteiger partial charge in [0.15, 0.2) is 0 Å². The molecule has 0 bridgehead atoms. The van der Waals surface area contributed by atoms with Gasteiger partial charge < -0.3 is 0 Å². The number of hydrogen-bond donors (Lipinski definition) is 0. The van der Waals surface area contributed by atoms with Crippen molar-refractivity contribution in [2.45, 2.75) is 316 Å². The van der Waals surface area contributed by atoms with Crippen LogP contribution in [0, 0.1) is 0 Å². The summed E-state index contributed by atoms with van der Waals surface area (Å²) in [5.74, 6) is 0. The first kappa shape index (κ1) is 69.3. The molecule has 0 unspecified atom stereocenters. The number of benzene rings is 4. The lowest BCUT2D eigenvalue weighted by Gasteiger charge is -2.44. The van der Waals surface area contributed by atoms with E-state index in [2.05, 4.69) is 185 Å². The second kappa shape index (κ2) is 37.2. The molecule has 4 aromatic carbocycles. The molecule has 1 nitrogen and oxygen atoms in total. The van der Waals surface area contributed by atoms with Crippen LogP contribution >= 0.6 is 16.1 Å². The molecular weight excluding hydrogens is 1070 g/mol. The van der Waals surface area contributed by atoms with Crippen LogP contribution in [-0.4, -0.2) is 42.8 Å². The van der Waals surface area contributed by atoms with Gasteiger partial charge in [-0.3, -0.25) is 0 Å². The zero-order chi connectivity index (χ0) is 57.7. The van der Waals surface area contributed by atoms with Crippen LogP contribution in [0.5, 0.6) is 0 Å². The van der Waals surface area contributed by atoms with Gasteiger partial charge in [0, 0.05) is 22.2 Å². The van der Waals surface area contributed by atoms with E-state index in [0.717, 1.165) is 0 Å². The highest BCUT2D eigenvalue weighted by molar-refractivity contribution is 7.84. The molecule has 0 atom stereocenters. The van der Waals surface area contributed by atoms with E-state index in [1.807, 2.05) is 0 Å². The Labute approximate surface area is 504 Å².